The van der Waals surface area contributed by atoms with Crippen LogP contribution in [0.25, 0.3) is 0 Å². The second-order valence-corrected chi connectivity index (χ2v) is 4.71. The largest absolute Gasteiger partial charge is 0.394 e. The fourth-order valence-corrected chi connectivity index (χ4v) is 2.47. The second-order valence-electron chi connectivity index (χ2n) is 4.71. The van der Waals surface area contributed by atoms with E-state index in [-0.39, 0.29) is 18.6 Å². The number of rotatable bonds is 3. The first-order chi connectivity index (χ1) is 8.13. The molecule has 2 rings (SSSR count). The molecule has 0 fully saturated rings. The average Bonchev–Trinajstić information content (AvgIpc) is 2.77. The van der Waals surface area contributed by atoms with E-state index in [1.54, 1.807) is 11.9 Å². The highest BCUT2D eigenvalue weighted by Crippen LogP contribution is 2.27. The van der Waals surface area contributed by atoms with Crippen molar-refractivity contribution >= 4 is 5.91 Å². The zero-order valence-corrected chi connectivity index (χ0v) is 10.4. The van der Waals surface area contributed by atoms with Crippen molar-refractivity contribution in [2.75, 3.05) is 13.7 Å². The van der Waals surface area contributed by atoms with E-state index in [0.29, 0.717) is 0 Å². The van der Waals surface area contributed by atoms with Gasteiger partial charge in [0.05, 0.1) is 12.6 Å². The highest BCUT2D eigenvalue weighted by atomic mass is 16.3. The van der Waals surface area contributed by atoms with Crippen LogP contribution in [0.4, 0.5) is 0 Å². The molecule has 0 spiro atoms. The van der Waals surface area contributed by atoms with E-state index >= 15 is 0 Å². The Morgan fingerprint density at radius 1 is 1.41 bits per heavy atom. The molecule has 1 N–H and O–H groups in total. The normalized spacial score (nSPS) is 15.5. The zero-order valence-electron chi connectivity index (χ0n) is 10.4. The van der Waals surface area contributed by atoms with Gasteiger partial charge in [0.2, 0.25) is 5.91 Å². The highest BCUT2D eigenvalue weighted by Gasteiger charge is 2.20. The lowest BCUT2D eigenvalue weighted by Crippen LogP contribution is -2.31. The summed E-state index contributed by atoms with van der Waals surface area (Å²) in [6.07, 6.45) is 3.48. The number of aliphatic hydroxyl groups is 1. The summed E-state index contributed by atoms with van der Waals surface area (Å²) in [6, 6.07) is 6.08. The molecule has 3 heteroatoms. The smallest absolute Gasteiger partial charge is 0.219 e. The van der Waals surface area contributed by atoms with E-state index in [4.69, 9.17) is 0 Å². The lowest BCUT2D eigenvalue weighted by Gasteiger charge is -2.26. The van der Waals surface area contributed by atoms with Crippen molar-refractivity contribution in [2.24, 2.45) is 0 Å². The Balaban J connectivity index is 2.28. The summed E-state index contributed by atoms with van der Waals surface area (Å²) in [5.41, 5.74) is 3.82. The minimum Gasteiger partial charge on any atom is -0.394 e. The van der Waals surface area contributed by atoms with Gasteiger partial charge in [-0.05, 0) is 36.0 Å². The molecular weight excluding hydrogens is 214 g/mol. The van der Waals surface area contributed by atoms with Gasteiger partial charge in [-0.1, -0.05) is 18.2 Å². The van der Waals surface area contributed by atoms with Crippen molar-refractivity contribution in [3.8, 4) is 0 Å². The van der Waals surface area contributed by atoms with Gasteiger partial charge in [0.1, 0.15) is 0 Å². The highest BCUT2D eigenvalue weighted by molar-refractivity contribution is 5.73. The predicted molar refractivity (Wildman–Crippen MR) is 66.7 cm³/mol. The lowest BCUT2D eigenvalue weighted by molar-refractivity contribution is -0.130. The third kappa shape index (κ3) is 2.34. The summed E-state index contributed by atoms with van der Waals surface area (Å²) in [5.74, 6) is -0.0236. The summed E-state index contributed by atoms with van der Waals surface area (Å²) in [4.78, 5) is 13.0. The third-order valence-corrected chi connectivity index (χ3v) is 3.64. The molecule has 1 amide bonds. The molecule has 1 unspecified atom stereocenters. The van der Waals surface area contributed by atoms with Gasteiger partial charge in [-0.15, -0.1) is 0 Å². The van der Waals surface area contributed by atoms with Crippen LogP contribution in [-0.2, 0) is 17.6 Å². The average molecular weight is 233 g/mol. The van der Waals surface area contributed by atoms with Crippen molar-refractivity contribution in [1.29, 1.82) is 0 Å². The first-order valence-corrected chi connectivity index (χ1v) is 6.09. The molecule has 17 heavy (non-hydrogen) atoms. The fraction of sp³-hybridized carbons (Fsp3) is 0.500. The van der Waals surface area contributed by atoms with Crippen molar-refractivity contribution in [1.82, 2.24) is 4.90 Å². The Kier molecular flexibility index (Phi) is 3.48. The zero-order chi connectivity index (χ0) is 12.4. The van der Waals surface area contributed by atoms with Gasteiger partial charge in [0.15, 0.2) is 0 Å². The third-order valence-electron chi connectivity index (χ3n) is 3.64. The Hall–Kier alpha value is -1.35. The monoisotopic (exact) mass is 233 g/mol. The van der Waals surface area contributed by atoms with Crippen molar-refractivity contribution in [3.05, 3.63) is 34.9 Å². The van der Waals surface area contributed by atoms with Gasteiger partial charge >= 0.3 is 0 Å². The molecule has 0 radical (unpaired) electrons. The number of hydrogen-bond acceptors (Lipinski definition) is 2. The quantitative estimate of drug-likeness (QED) is 0.863. The van der Waals surface area contributed by atoms with Crippen molar-refractivity contribution < 1.29 is 9.90 Å². The van der Waals surface area contributed by atoms with E-state index < -0.39 is 0 Å². The van der Waals surface area contributed by atoms with Crippen LogP contribution in [0.1, 0.15) is 36.1 Å². The van der Waals surface area contributed by atoms with Gasteiger partial charge in [-0.3, -0.25) is 4.79 Å². The number of aliphatic hydroxyl groups excluding tert-OH is 1. The van der Waals surface area contributed by atoms with Gasteiger partial charge < -0.3 is 10.0 Å². The fourth-order valence-electron chi connectivity index (χ4n) is 2.47. The summed E-state index contributed by atoms with van der Waals surface area (Å²) >= 11 is 0. The Bertz CT molecular complexity index is 428. The summed E-state index contributed by atoms with van der Waals surface area (Å²) in [6.45, 7) is 1.49. The standard InChI is InChI=1S/C14H19NO2/c1-10(17)15(2)14(9-16)13-7-6-11-4-3-5-12(11)8-13/h6-8,14,16H,3-5,9H2,1-2H3. The number of likely N-dealkylation sites (N-methyl/N-ethyl adjacent to an activating group) is 1. The second kappa shape index (κ2) is 4.88. The topological polar surface area (TPSA) is 40.5 Å². The maximum atomic E-state index is 11.4. The number of amides is 1. The minimum absolute atomic E-state index is 0.0236. The molecular formula is C14H19NO2. The number of carbonyl (C=O) groups excluding carboxylic acids is 1. The predicted octanol–water partition coefficient (Wildman–Crippen LogP) is 1.69. The molecule has 0 bridgehead atoms. The number of aryl methyl sites for hydroxylation is 2. The first kappa shape index (κ1) is 12.1. The van der Waals surface area contributed by atoms with Crippen LogP contribution in [0, 0.1) is 0 Å². The number of benzene rings is 1. The van der Waals surface area contributed by atoms with Gasteiger partial charge in [-0.25, -0.2) is 0 Å². The molecule has 1 aliphatic carbocycles. The molecule has 92 valence electrons. The van der Waals surface area contributed by atoms with Crippen LogP contribution in [0.2, 0.25) is 0 Å². The van der Waals surface area contributed by atoms with E-state index in [1.165, 1.54) is 24.5 Å². The summed E-state index contributed by atoms with van der Waals surface area (Å²) in [5, 5.41) is 9.45. The van der Waals surface area contributed by atoms with Gasteiger partial charge in [0.25, 0.3) is 0 Å². The summed E-state index contributed by atoms with van der Waals surface area (Å²) < 4.78 is 0. The van der Waals surface area contributed by atoms with Crippen LogP contribution in [0.15, 0.2) is 18.2 Å². The first-order valence-electron chi connectivity index (χ1n) is 6.09. The minimum atomic E-state index is -0.224. The van der Waals surface area contributed by atoms with Crippen molar-refractivity contribution in [2.45, 2.75) is 32.2 Å². The van der Waals surface area contributed by atoms with Gasteiger partial charge in [-0.2, -0.15) is 0 Å². The van der Waals surface area contributed by atoms with Crippen LogP contribution < -0.4 is 0 Å². The Morgan fingerprint density at radius 2 is 2.12 bits per heavy atom. The van der Waals surface area contributed by atoms with E-state index in [0.717, 1.165) is 18.4 Å². The molecule has 0 saturated heterocycles. The molecule has 3 nitrogen and oxygen atoms in total. The summed E-state index contributed by atoms with van der Waals surface area (Å²) in [7, 11) is 1.73. The van der Waals surface area contributed by atoms with E-state index in [1.807, 2.05) is 6.07 Å². The number of hydrogen-bond donors (Lipinski definition) is 1. The van der Waals surface area contributed by atoms with Crippen LogP contribution in [0.5, 0.6) is 0 Å². The maximum absolute atomic E-state index is 11.4. The Morgan fingerprint density at radius 3 is 2.76 bits per heavy atom. The molecule has 0 aliphatic heterocycles. The number of carbonyl (C=O) groups is 1. The molecule has 0 aromatic heterocycles. The van der Waals surface area contributed by atoms with Crippen LogP contribution in [0.3, 0.4) is 0 Å². The lowest BCUT2D eigenvalue weighted by atomic mass is 10.0. The number of nitrogens with zero attached hydrogens (tertiary/aromatic N) is 1. The van der Waals surface area contributed by atoms with Gasteiger partial charge in [0, 0.05) is 14.0 Å². The molecule has 0 heterocycles. The van der Waals surface area contributed by atoms with E-state index in [9.17, 15) is 9.90 Å². The molecule has 1 aliphatic rings. The van der Waals surface area contributed by atoms with Crippen LogP contribution in [-0.4, -0.2) is 29.6 Å². The molecule has 1 atom stereocenters. The maximum Gasteiger partial charge on any atom is 0.219 e. The number of fused-ring (bicyclic) bond motifs is 1. The SMILES string of the molecule is CC(=O)N(C)C(CO)c1ccc2c(c1)CCC2. The Labute approximate surface area is 102 Å². The van der Waals surface area contributed by atoms with Crippen LogP contribution >= 0.6 is 0 Å². The molecule has 0 saturated carbocycles. The molecule has 1 aromatic rings. The van der Waals surface area contributed by atoms with Crippen molar-refractivity contribution in [3.63, 3.8) is 0 Å². The van der Waals surface area contributed by atoms with E-state index in [2.05, 4.69) is 12.1 Å². The molecule has 1 aromatic carbocycles.